The maximum Gasteiger partial charge on any atom is 0.135 e. The molecule has 2 heterocycles. The van der Waals surface area contributed by atoms with E-state index in [0.29, 0.717) is 12.5 Å². The molecular weight excluding hydrogens is 294 g/mol. The Morgan fingerprint density at radius 1 is 1.39 bits per heavy atom. The number of halogens is 1. The zero-order valence-electron chi connectivity index (χ0n) is 10.1. The maximum atomic E-state index is 5.51. The summed E-state index contributed by atoms with van der Waals surface area (Å²) < 4.78 is 6.34. The van der Waals surface area contributed by atoms with Gasteiger partial charge in [0, 0.05) is 12.0 Å². The van der Waals surface area contributed by atoms with Crippen LogP contribution >= 0.6 is 15.9 Å². The van der Waals surface area contributed by atoms with Gasteiger partial charge in [0.25, 0.3) is 0 Å². The number of nitrogens with one attached hydrogen (secondary N) is 1. The summed E-state index contributed by atoms with van der Waals surface area (Å²) in [6, 6.07) is 5.82. The Labute approximate surface area is 114 Å². The first-order chi connectivity index (χ1) is 8.70. The lowest BCUT2D eigenvalue weighted by atomic mass is 10.4. The van der Waals surface area contributed by atoms with Crippen molar-refractivity contribution in [2.75, 3.05) is 5.32 Å². The molecule has 0 saturated heterocycles. The number of aromatic nitrogens is 2. The smallest absolute Gasteiger partial charge is 0.135 e. The molecule has 0 atom stereocenters. The number of nitrogens with zero attached hydrogens (tertiary/aromatic N) is 2. The van der Waals surface area contributed by atoms with E-state index in [0.717, 1.165) is 27.8 Å². The van der Waals surface area contributed by atoms with Gasteiger partial charge in [0.1, 0.15) is 27.8 Å². The lowest BCUT2D eigenvalue weighted by molar-refractivity contribution is 0.490. The first kappa shape index (κ1) is 11.7. The molecule has 3 rings (SSSR count). The van der Waals surface area contributed by atoms with Crippen molar-refractivity contribution in [1.82, 2.24) is 9.97 Å². The first-order valence-electron chi connectivity index (χ1n) is 6.04. The van der Waals surface area contributed by atoms with Crippen LogP contribution in [0.25, 0.3) is 0 Å². The van der Waals surface area contributed by atoms with Gasteiger partial charge in [-0.05, 0) is 47.8 Å². The Kier molecular flexibility index (Phi) is 3.07. The molecule has 0 bridgehead atoms. The monoisotopic (exact) mass is 307 g/mol. The summed E-state index contributed by atoms with van der Waals surface area (Å²) >= 11 is 3.42. The van der Waals surface area contributed by atoms with E-state index in [2.05, 4.69) is 31.2 Å². The Morgan fingerprint density at radius 3 is 2.89 bits per heavy atom. The average Bonchev–Trinajstić information content (AvgIpc) is 3.10. The first-order valence-corrected chi connectivity index (χ1v) is 6.83. The molecule has 1 aliphatic carbocycles. The fraction of sp³-hybridized carbons (Fsp3) is 0.385. The summed E-state index contributed by atoms with van der Waals surface area (Å²) in [6.07, 6.45) is 2.40. The largest absolute Gasteiger partial charge is 0.465 e. The maximum absolute atomic E-state index is 5.51. The minimum atomic E-state index is 0.550. The zero-order valence-corrected chi connectivity index (χ0v) is 11.7. The third kappa shape index (κ3) is 2.72. The Bertz CT molecular complexity index is 563. The highest BCUT2D eigenvalue weighted by Gasteiger charge is 2.27. The Hall–Kier alpha value is -1.36. The molecule has 0 spiro atoms. The number of furan rings is 1. The van der Waals surface area contributed by atoms with E-state index in [9.17, 15) is 0 Å². The van der Waals surface area contributed by atoms with Gasteiger partial charge in [-0.2, -0.15) is 0 Å². The Morgan fingerprint density at radius 2 is 2.22 bits per heavy atom. The van der Waals surface area contributed by atoms with Crippen molar-refractivity contribution in [3.63, 3.8) is 0 Å². The highest BCUT2D eigenvalue weighted by molar-refractivity contribution is 9.10. The van der Waals surface area contributed by atoms with Crippen LogP contribution in [0.2, 0.25) is 0 Å². The standard InChI is InChI=1S/C13H14BrN3O/c1-8-2-5-10(18-8)7-15-12-6-11(14)16-13(17-12)9-3-4-9/h2,5-6,9H,3-4,7H2,1H3,(H,15,16,17). The van der Waals surface area contributed by atoms with Gasteiger partial charge < -0.3 is 9.73 Å². The van der Waals surface area contributed by atoms with E-state index >= 15 is 0 Å². The molecule has 4 nitrogen and oxygen atoms in total. The van der Waals surface area contributed by atoms with Crippen LogP contribution in [0.1, 0.15) is 36.1 Å². The number of hydrogen-bond donors (Lipinski definition) is 1. The fourth-order valence-corrected chi connectivity index (χ4v) is 2.21. The van der Waals surface area contributed by atoms with Gasteiger partial charge in [0.2, 0.25) is 0 Å². The molecule has 1 fully saturated rings. The minimum Gasteiger partial charge on any atom is -0.465 e. The molecule has 1 aliphatic rings. The van der Waals surface area contributed by atoms with Gasteiger partial charge >= 0.3 is 0 Å². The fourth-order valence-electron chi connectivity index (χ4n) is 1.81. The molecule has 0 aliphatic heterocycles. The van der Waals surface area contributed by atoms with Crippen LogP contribution in [0.15, 0.2) is 27.2 Å². The van der Waals surface area contributed by atoms with Gasteiger partial charge in [-0.1, -0.05) is 0 Å². The zero-order chi connectivity index (χ0) is 12.5. The highest BCUT2D eigenvalue weighted by Crippen LogP contribution is 2.38. The van der Waals surface area contributed by atoms with Crippen molar-refractivity contribution in [3.8, 4) is 0 Å². The third-order valence-corrected chi connectivity index (χ3v) is 3.30. The molecule has 1 saturated carbocycles. The normalized spacial score (nSPS) is 14.8. The van der Waals surface area contributed by atoms with Crippen LogP contribution in [0.3, 0.4) is 0 Å². The van der Waals surface area contributed by atoms with E-state index in [1.54, 1.807) is 0 Å². The second-order valence-corrected chi connectivity index (χ2v) is 5.39. The van der Waals surface area contributed by atoms with Crippen molar-refractivity contribution in [1.29, 1.82) is 0 Å². The molecule has 94 valence electrons. The summed E-state index contributed by atoms with van der Waals surface area (Å²) in [7, 11) is 0. The molecule has 1 N–H and O–H groups in total. The number of rotatable bonds is 4. The van der Waals surface area contributed by atoms with E-state index in [1.807, 2.05) is 25.1 Å². The van der Waals surface area contributed by atoms with Gasteiger partial charge in [0.15, 0.2) is 0 Å². The molecule has 0 aromatic carbocycles. The predicted octanol–water partition coefficient (Wildman–Crippen LogP) is 3.63. The third-order valence-electron chi connectivity index (χ3n) is 2.89. The van der Waals surface area contributed by atoms with E-state index in [-0.39, 0.29) is 0 Å². The van der Waals surface area contributed by atoms with Crippen molar-refractivity contribution in [2.24, 2.45) is 0 Å². The molecule has 2 aromatic rings. The second kappa shape index (κ2) is 4.72. The van der Waals surface area contributed by atoms with Gasteiger partial charge in [0.05, 0.1) is 6.54 Å². The van der Waals surface area contributed by atoms with Crippen molar-refractivity contribution >= 4 is 21.7 Å². The van der Waals surface area contributed by atoms with Crippen molar-refractivity contribution < 1.29 is 4.42 Å². The topological polar surface area (TPSA) is 51.0 Å². The summed E-state index contributed by atoms with van der Waals surface area (Å²) in [6.45, 7) is 2.58. The van der Waals surface area contributed by atoms with Crippen molar-refractivity contribution in [3.05, 3.63) is 40.1 Å². The molecule has 0 amide bonds. The van der Waals surface area contributed by atoms with Crippen LogP contribution in [0.4, 0.5) is 5.82 Å². The molecule has 5 heteroatoms. The molecule has 0 radical (unpaired) electrons. The van der Waals surface area contributed by atoms with E-state index in [4.69, 9.17) is 4.42 Å². The minimum absolute atomic E-state index is 0.550. The van der Waals surface area contributed by atoms with Crippen LogP contribution in [0.5, 0.6) is 0 Å². The lowest BCUT2D eigenvalue weighted by Gasteiger charge is -2.06. The summed E-state index contributed by atoms with van der Waals surface area (Å²) in [5.41, 5.74) is 0. The quantitative estimate of drug-likeness (QED) is 0.876. The Balaban J connectivity index is 1.71. The van der Waals surface area contributed by atoms with E-state index < -0.39 is 0 Å². The predicted molar refractivity (Wildman–Crippen MR) is 72.5 cm³/mol. The summed E-state index contributed by atoms with van der Waals surface area (Å²) in [5, 5.41) is 3.26. The number of hydrogen-bond acceptors (Lipinski definition) is 4. The van der Waals surface area contributed by atoms with Crippen LogP contribution < -0.4 is 5.32 Å². The molecule has 2 aromatic heterocycles. The van der Waals surface area contributed by atoms with Crippen LogP contribution in [-0.2, 0) is 6.54 Å². The number of anilines is 1. The van der Waals surface area contributed by atoms with Crippen LogP contribution in [-0.4, -0.2) is 9.97 Å². The second-order valence-electron chi connectivity index (χ2n) is 4.57. The van der Waals surface area contributed by atoms with Gasteiger partial charge in [-0.15, -0.1) is 0 Å². The SMILES string of the molecule is Cc1ccc(CNc2cc(Br)nc(C3CC3)n2)o1. The highest BCUT2D eigenvalue weighted by atomic mass is 79.9. The summed E-state index contributed by atoms with van der Waals surface area (Å²) in [4.78, 5) is 8.92. The van der Waals surface area contributed by atoms with Gasteiger partial charge in [-0.3, -0.25) is 0 Å². The molecule has 0 unspecified atom stereocenters. The lowest BCUT2D eigenvalue weighted by Crippen LogP contribution is -2.03. The van der Waals surface area contributed by atoms with Crippen LogP contribution in [0, 0.1) is 6.92 Å². The summed E-state index contributed by atoms with van der Waals surface area (Å²) in [5.74, 6) is 4.16. The molecule has 18 heavy (non-hydrogen) atoms. The van der Waals surface area contributed by atoms with E-state index in [1.165, 1.54) is 12.8 Å². The van der Waals surface area contributed by atoms with Gasteiger partial charge in [-0.25, -0.2) is 9.97 Å². The molecular formula is C13H14BrN3O. The van der Waals surface area contributed by atoms with Crippen molar-refractivity contribution in [2.45, 2.75) is 32.2 Å². The average molecular weight is 308 g/mol. The number of aryl methyl sites for hydroxylation is 1.